The second-order valence-electron chi connectivity index (χ2n) is 1.77. The number of hydrogen-bond acceptors (Lipinski definition) is 3. The van der Waals surface area contributed by atoms with E-state index in [4.69, 9.17) is 5.11 Å². The van der Waals surface area contributed by atoms with Crippen LogP contribution in [0.3, 0.4) is 0 Å². The molecule has 1 aromatic rings. The highest BCUT2D eigenvalue weighted by Crippen LogP contribution is 2.18. The summed E-state index contributed by atoms with van der Waals surface area (Å²) in [5.74, 6) is -0.444. The Morgan fingerprint density at radius 3 is 2.90 bits per heavy atom. The van der Waals surface area contributed by atoms with Crippen LogP contribution in [0, 0.1) is 5.82 Å². The number of rotatable bonds is 1. The van der Waals surface area contributed by atoms with Crippen LogP contribution in [0.1, 0.15) is 0 Å². The van der Waals surface area contributed by atoms with Gasteiger partial charge in [0.15, 0.2) is 11.6 Å². The van der Waals surface area contributed by atoms with E-state index in [0.717, 1.165) is 12.3 Å². The average Bonchev–Trinajstić information content (AvgIpc) is 1.88. The first-order chi connectivity index (χ1) is 4.74. The molecule has 0 aromatic carbocycles. The smallest absolute Gasteiger partial charge is 0.168 e. The van der Waals surface area contributed by atoms with Crippen LogP contribution in [0.15, 0.2) is 12.3 Å². The van der Waals surface area contributed by atoms with Gasteiger partial charge in [-0.1, -0.05) is 0 Å². The third-order valence-electron chi connectivity index (χ3n) is 1.07. The van der Waals surface area contributed by atoms with E-state index in [1.807, 2.05) is 0 Å². The van der Waals surface area contributed by atoms with Crippen molar-refractivity contribution in [3.63, 3.8) is 0 Å². The van der Waals surface area contributed by atoms with E-state index >= 15 is 0 Å². The van der Waals surface area contributed by atoms with Crippen LogP contribution < -0.4 is 5.32 Å². The van der Waals surface area contributed by atoms with Gasteiger partial charge in [0.25, 0.3) is 0 Å². The molecule has 4 heteroatoms. The summed E-state index contributed by atoms with van der Waals surface area (Å²) >= 11 is 0. The molecule has 1 heterocycles. The van der Waals surface area contributed by atoms with Gasteiger partial charge in [0.05, 0.1) is 6.20 Å². The van der Waals surface area contributed by atoms with Crippen molar-refractivity contribution in [2.45, 2.75) is 0 Å². The Morgan fingerprint density at radius 1 is 1.70 bits per heavy atom. The summed E-state index contributed by atoms with van der Waals surface area (Å²) in [6.45, 7) is 0. The summed E-state index contributed by atoms with van der Waals surface area (Å²) in [5.41, 5.74) is 0. The van der Waals surface area contributed by atoms with E-state index in [1.165, 1.54) is 0 Å². The van der Waals surface area contributed by atoms with Crippen molar-refractivity contribution in [2.75, 3.05) is 12.4 Å². The molecular weight excluding hydrogens is 135 g/mol. The van der Waals surface area contributed by atoms with Gasteiger partial charge in [0.2, 0.25) is 0 Å². The summed E-state index contributed by atoms with van der Waals surface area (Å²) in [7, 11) is 1.60. The summed E-state index contributed by atoms with van der Waals surface area (Å²) < 4.78 is 12.2. The average molecular weight is 142 g/mol. The molecule has 1 aromatic heterocycles. The van der Waals surface area contributed by atoms with E-state index in [0.29, 0.717) is 0 Å². The minimum Gasteiger partial charge on any atom is -0.504 e. The van der Waals surface area contributed by atoms with Crippen LogP contribution >= 0.6 is 0 Å². The summed E-state index contributed by atoms with van der Waals surface area (Å²) in [5, 5.41) is 11.5. The second kappa shape index (κ2) is 2.51. The minimum absolute atomic E-state index is 0.178. The first-order valence-corrected chi connectivity index (χ1v) is 2.76. The zero-order valence-electron chi connectivity index (χ0n) is 5.43. The van der Waals surface area contributed by atoms with E-state index in [2.05, 4.69) is 10.3 Å². The zero-order valence-corrected chi connectivity index (χ0v) is 5.43. The van der Waals surface area contributed by atoms with Gasteiger partial charge in [-0.05, 0) is 0 Å². The highest BCUT2D eigenvalue weighted by Gasteiger charge is 1.99. The van der Waals surface area contributed by atoms with E-state index < -0.39 is 5.82 Å². The van der Waals surface area contributed by atoms with Crippen molar-refractivity contribution in [3.05, 3.63) is 18.1 Å². The van der Waals surface area contributed by atoms with Crippen LogP contribution in [-0.2, 0) is 0 Å². The van der Waals surface area contributed by atoms with Gasteiger partial charge in [-0.15, -0.1) is 0 Å². The molecule has 2 N–H and O–H groups in total. The molecule has 0 aliphatic heterocycles. The Balaban J connectivity index is 3.07. The number of pyridine rings is 1. The third-order valence-corrected chi connectivity index (χ3v) is 1.07. The SMILES string of the molecule is CNc1ncc(F)cc1O. The van der Waals surface area contributed by atoms with Crippen molar-refractivity contribution in [2.24, 2.45) is 0 Å². The molecule has 0 saturated carbocycles. The molecule has 0 bridgehead atoms. The number of halogens is 1. The van der Waals surface area contributed by atoms with Crippen LogP contribution in [-0.4, -0.2) is 17.1 Å². The Hall–Kier alpha value is -1.32. The lowest BCUT2D eigenvalue weighted by Crippen LogP contribution is -1.92. The molecule has 0 fully saturated rings. The largest absolute Gasteiger partial charge is 0.504 e. The Kier molecular flexibility index (Phi) is 1.71. The summed E-state index contributed by atoms with van der Waals surface area (Å²) in [6.07, 6.45) is 1.03. The van der Waals surface area contributed by atoms with Crippen molar-refractivity contribution in [1.29, 1.82) is 0 Å². The maximum Gasteiger partial charge on any atom is 0.168 e. The molecule has 3 nitrogen and oxygen atoms in total. The lowest BCUT2D eigenvalue weighted by molar-refractivity contribution is 0.468. The van der Waals surface area contributed by atoms with Crippen LogP contribution in [0.25, 0.3) is 0 Å². The molecule has 0 aliphatic rings. The van der Waals surface area contributed by atoms with Crippen LogP contribution in [0.2, 0.25) is 0 Å². The molecule has 1 rings (SSSR count). The Labute approximate surface area is 57.5 Å². The molecule has 0 amide bonds. The predicted molar refractivity (Wildman–Crippen MR) is 35.4 cm³/mol. The van der Waals surface area contributed by atoms with Gasteiger partial charge in [-0.2, -0.15) is 0 Å². The van der Waals surface area contributed by atoms with E-state index in [9.17, 15) is 4.39 Å². The number of aromatic hydroxyl groups is 1. The third kappa shape index (κ3) is 1.15. The maximum absolute atomic E-state index is 12.2. The first kappa shape index (κ1) is 6.80. The van der Waals surface area contributed by atoms with E-state index in [-0.39, 0.29) is 11.6 Å². The molecule has 0 atom stereocenters. The number of hydrogen-bond donors (Lipinski definition) is 2. The fourth-order valence-electron chi connectivity index (χ4n) is 0.621. The monoisotopic (exact) mass is 142 g/mol. The standard InChI is InChI=1S/C6H7FN2O/c1-8-6-5(10)2-4(7)3-9-6/h2-3,10H,1H3,(H,8,9). The maximum atomic E-state index is 12.2. The quantitative estimate of drug-likeness (QED) is 0.614. The normalized spacial score (nSPS) is 9.40. The lowest BCUT2D eigenvalue weighted by Gasteiger charge is -1.99. The van der Waals surface area contributed by atoms with Gasteiger partial charge < -0.3 is 10.4 Å². The van der Waals surface area contributed by atoms with Crippen molar-refractivity contribution in [3.8, 4) is 5.75 Å². The molecule has 54 valence electrons. The fraction of sp³-hybridized carbons (Fsp3) is 0.167. The molecule has 0 radical (unpaired) electrons. The molecule has 10 heavy (non-hydrogen) atoms. The Morgan fingerprint density at radius 2 is 2.40 bits per heavy atom. The van der Waals surface area contributed by atoms with Crippen molar-refractivity contribution >= 4 is 5.82 Å². The van der Waals surface area contributed by atoms with Crippen LogP contribution in [0.4, 0.5) is 10.2 Å². The first-order valence-electron chi connectivity index (χ1n) is 2.76. The number of nitrogens with zero attached hydrogens (tertiary/aromatic N) is 1. The molecule has 0 spiro atoms. The van der Waals surface area contributed by atoms with Gasteiger partial charge in [-0.3, -0.25) is 0 Å². The minimum atomic E-state index is -0.545. The van der Waals surface area contributed by atoms with Gasteiger partial charge >= 0.3 is 0 Å². The fourth-order valence-corrected chi connectivity index (χ4v) is 0.621. The summed E-state index contributed by atoms with van der Waals surface area (Å²) in [4.78, 5) is 3.56. The molecule has 0 aliphatic carbocycles. The number of anilines is 1. The van der Waals surface area contributed by atoms with Crippen molar-refractivity contribution < 1.29 is 9.50 Å². The van der Waals surface area contributed by atoms with Gasteiger partial charge in [0, 0.05) is 13.1 Å². The predicted octanol–water partition coefficient (Wildman–Crippen LogP) is 0.968. The molecule has 0 unspecified atom stereocenters. The zero-order chi connectivity index (χ0) is 7.56. The van der Waals surface area contributed by atoms with Crippen molar-refractivity contribution in [1.82, 2.24) is 4.98 Å². The van der Waals surface area contributed by atoms with Crippen LogP contribution in [0.5, 0.6) is 5.75 Å². The Bertz CT molecular complexity index is 239. The molecule has 0 saturated heterocycles. The highest BCUT2D eigenvalue weighted by molar-refractivity contribution is 5.47. The molecular formula is C6H7FN2O. The second-order valence-corrected chi connectivity index (χ2v) is 1.77. The van der Waals surface area contributed by atoms with E-state index in [1.54, 1.807) is 7.05 Å². The number of nitrogens with one attached hydrogen (secondary N) is 1. The lowest BCUT2D eigenvalue weighted by atomic mass is 10.4. The summed E-state index contributed by atoms with van der Waals surface area (Å²) in [6, 6.07) is 0.999. The van der Waals surface area contributed by atoms with Gasteiger partial charge in [0.1, 0.15) is 5.82 Å². The highest BCUT2D eigenvalue weighted by atomic mass is 19.1. The van der Waals surface area contributed by atoms with Gasteiger partial charge in [-0.25, -0.2) is 9.37 Å². The number of aromatic nitrogens is 1. The topological polar surface area (TPSA) is 45.2 Å².